The third-order valence-electron chi connectivity index (χ3n) is 5.10. The lowest BCUT2D eigenvalue weighted by molar-refractivity contribution is -0.137. The summed E-state index contributed by atoms with van der Waals surface area (Å²) in [7, 11) is 0. The van der Waals surface area contributed by atoms with Crippen molar-refractivity contribution in [2.45, 2.75) is 58.8 Å². The smallest absolute Gasteiger partial charge is 0.408 e. The second kappa shape index (κ2) is 12.0. The standard InChI is InChI=1S/C23H32N4O6/c1-13(2)10-16(20(29)26-17-11-24-22(31)19(17)28)25-21(30)18(14(3)4)27-23(32)33-12-15-8-6-5-7-9-15/h5-9,13-14,16-18H,10-12H2,1-4H3,(H,24,31)(H,25,30)(H,26,29)(H,27,32). The average Bonchev–Trinajstić information content (AvgIpc) is 3.07. The molecule has 1 heterocycles. The van der Waals surface area contributed by atoms with Gasteiger partial charge in [0.05, 0.1) is 0 Å². The Bertz CT molecular complexity index is 871. The molecule has 1 aromatic rings. The van der Waals surface area contributed by atoms with Gasteiger partial charge in [0.2, 0.25) is 17.6 Å². The van der Waals surface area contributed by atoms with E-state index in [-0.39, 0.29) is 25.0 Å². The molecule has 3 atom stereocenters. The molecule has 2 rings (SSSR count). The number of alkyl carbamates (subject to hydrolysis) is 1. The van der Waals surface area contributed by atoms with Crippen LogP contribution in [0.5, 0.6) is 0 Å². The van der Waals surface area contributed by atoms with E-state index in [0.29, 0.717) is 6.42 Å². The van der Waals surface area contributed by atoms with E-state index in [9.17, 15) is 24.0 Å². The highest BCUT2D eigenvalue weighted by Gasteiger charge is 2.36. The topological polar surface area (TPSA) is 143 Å². The van der Waals surface area contributed by atoms with Crippen LogP contribution >= 0.6 is 0 Å². The largest absolute Gasteiger partial charge is 0.445 e. The molecule has 10 heteroatoms. The minimum Gasteiger partial charge on any atom is -0.445 e. The van der Waals surface area contributed by atoms with Crippen LogP contribution in [-0.2, 0) is 30.5 Å². The fourth-order valence-corrected chi connectivity index (χ4v) is 3.31. The Morgan fingerprint density at radius 1 is 1.03 bits per heavy atom. The molecule has 0 radical (unpaired) electrons. The Morgan fingerprint density at radius 2 is 1.70 bits per heavy atom. The van der Waals surface area contributed by atoms with Gasteiger partial charge in [-0.05, 0) is 23.8 Å². The number of hydrogen-bond acceptors (Lipinski definition) is 6. The predicted octanol–water partition coefficient (Wildman–Crippen LogP) is 0.652. The van der Waals surface area contributed by atoms with Gasteiger partial charge in [-0.15, -0.1) is 0 Å². The minimum absolute atomic E-state index is 0.00911. The highest BCUT2D eigenvalue weighted by atomic mass is 16.5. The fraction of sp³-hybridized carbons (Fsp3) is 0.522. The summed E-state index contributed by atoms with van der Waals surface area (Å²) in [4.78, 5) is 61.2. The maximum Gasteiger partial charge on any atom is 0.408 e. The Hall–Kier alpha value is -3.43. The highest BCUT2D eigenvalue weighted by molar-refractivity contribution is 6.40. The first-order valence-corrected chi connectivity index (χ1v) is 11.0. The van der Waals surface area contributed by atoms with Crippen LogP contribution in [0.1, 0.15) is 39.7 Å². The molecule has 180 valence electrons. The van der Waals surface area contributed by atoms with Crippen LogP contribution in [0.25, 0.3) is 0 Å². The Labute approximate surface area is 193 Å². The summed E-state index contributed by atoms with van der Waals surface area (Å²) < 4.78 is 5.20. The summed E-state index contributed by atoms with van der Waals surface area (Å²) in [5.74, 6) is -2.81. The number of rotatable bonds is 10. The number of carbonyl (C=O) groups excluding carboxylic acids is 5. The molecule has 10 nitrogen and oxygen atoms in total. The Balaban J connectivity index is 1.99. The lowest BCUT2D eigenvalue weighted by atomic mass is 9.99. The molecule has 1 saturated heterocycles. The van der Waals surface area contributed by atoms with Crippen LogP contribution in [0.3, 0.4) is 0 Å². The van der Waals surface area contributed by atoms with Crippen LogP contribution in [0.2, 0.25) is 0 Å². The number of hydrogen-bond donors (Lipinski definition) is 4. The van der Waals surface area contributed by atoms with Crippen LogP contribution < -0.4 is 21.3 Å². The Morgan fingerprint density at radius 3 is 2.24 bits per heavy atom. The second-order valence-corrected chi connectivity index (χ2v) is 8.75. The van der Waals surface area contributed by atoms with E-state index < -0.39 is 47.7 Å². The molecule has 4 amide bonds. The monoisotopic (exact) mass is 460 g/mol. The molecule has 1 aliphatic rings. The molecule has 1 aromatic carbocycles. The van der Waals surface area contributed by atoms with Crippen molar-refractivity contribution in [1.82, 2.24) is 21.3 Å². The molecule has 0 aliphatic carbocycles. The zero-order valence-corrected chi connectivity index (χ0v) is 19.3. The number of ketones is 1. The van der Waals surface area contributed by atoms with Gasteiger partial charge < -0.3 is 26.0 Å². The Kier molecular flexibility index (Phi) is 9.38. The molecular formula is C23H32N4O6. The summed E-state index contributed by atoms with van der Waals surface area (Å²) in [5.41, 5.74) is 0.807. The van der Waals surface area contributed by atoms with E-state index >= 15 is 0 Å². The molecule has 0 bridgehead atoms. The third-order valence-corrected chi connectivity index (χ3v) is 5.10. The van der Waals surface area contributed by atoms with E-state index in [0.717, 1.165) is 5.56 Å². The van der Waals surface area contributed by atoms with Crippen molar-refractivity contribution in [2.24, 2.45) is 11.8 Å². The number of ether oxygens (including phenoxy) is 1. The van der Waals surface area contributed by atoms with Crippen LogP contribution in [0.4, 0.5) is 4.79 Å². The van der Waals surface area contributed by atoms with Crippen molar-refractivity contribution < 1.29 is 28.7 Å². The quantitative estimate of drug-likeness (QED) is 0.378. The molecule has 3 unspecified atom stereocenters. The van der Waals surface area contributed by atoms with Crippen molar-refractivity contribution in [3.63, 3.8) is 0 Å². The maximum atomic E-state index is 12.9. The number of amides is 4. The van der Waals surface area contributed by atoms with Crippen LogP contribution in [0.15, 0.2) is 30.3 Å². The first-order valence-electron chi connectivity index (χ1n) is 11.0. The van der Waals surface area contributed by atoms with Gasteiger partial charge in [-0.25, -0.2) is 4.79 Å². The van der Waals surface area contributed by atoms with E-state index in [4.69, 9.17) is 4.74 Å². The average molecular weight is 461 g/mol. The lowest BCUT2D eigenvalue weighted by Gasteiger charge is -2.26. The maximum absolute atomic E-state index is 12.9. The van der Waals surface area contributed by atoms with Gasteiger partial charge in [0.1, 0.15) is 24.7 Å². The SMILES string of the molecule is CC(C)CC(NC(=O)C(NC(=O)OCc1ccccc1)C(C)C)C(=O)NC1CNC(=O)C1=O. The summed E-state index contributed by atoms with van der Waals surface area (Å²) in [6, 6.07) is 6.28. The highest BCUT2D eigenvalue weighted by Crippen LogP contribution is 2.09. The molecular weight excluding hydrogens is 428 g/mol. The van der Waals surface area contributed by atoms with Gasteiger partial charge >= 0.3 is 6.09 Å². The van der Waals surface area contributed by atoms with Crippen molar-refractivity contribution in [2.75, 3.05) is 6.54 Å². The predicted molar refractivity (Wildman–Crippen MR) is 120 cm³/mol. The normalized spacial score (nSPS) is 17.3. The number of benzene rings is 1. The molecule has 33 heavy (non-hydrogen) atoms. The minimum atomic E-state index is -0.969. The van der Waals surface area contributed by atoms with Gasteiger partial charge in [-0.3, -0.25) is 19.2 Å². The van der Waals surface area contributed by atoms with Crippen LogP contribution in [-0.4, -0.2) is 54.3 Å². The fourth-order valence-electron chi connectivity index (χ4n) is 3.31. The lowest BCUT2D eigenvalue weighted by Crippen LogP contribution is -2.57. The number of carbonyl (C=O) groups is 5. The van der Waals surface area contributed by atoms with E-state index in [1.807, 2.05) is 44.2 Å². The van der Waals surface area contributed by atoms with Crippen molar-refractivity contribution in [3.05, 3.63) is 35.9 Å². The molecule has 0 saturated carbocycles. The van der Waals surface area contributed by atoms with E-state index in [2.05, 4.69) is 21.3 Å². The third kappa shape index (κ3) is 7.89. The van der Waals surface area contributed by atoms with Crippen LogP contribution in [0, 0.1) is 11.8 Å². The zero-order valence-electron chi connectivity index (χ0n) is 19.3. The van der Waals surface area contributed by atoms with Gasteiger partial charge in [-0.1, -0.05) is 58.0 Å². The second-order valence-electron chi connectivity index (χ2n) is 8.75. The van der Waals surface area contributed by atoms with Gasteiger partial charge in [0.15, 0.2) is 0 Å². The van der Waals surface area contributed by atoms with Gasteiger partial charge in [0.25, 0.3) is 5.91 Å². The van der Waals surface area contributed by atoms with Gasteiger partial charge in [-0.2, -0.15) is 0 Å². The van der Waals surface area contributed by atoms with Gasteiger partial charge in [0, 0.05) is 6.54 Å². The summed E-state index contributed by atoms with van der Waals surface area (Å²) in [5, 5.41) is 10.1. The molecule has 0 spiro atoms. The molecule has 1 aliphatic heterocycles. The summed E-state index contributed by atoms with van der Waals surface area (Å²) >= 11 is 0. The number of nitrogens with one attached hydrogen (secondary N) is 4. The van der Waals surface area contributed by atoms with E-state index in [1.165, 1.54) is 0 Å². The van der Waals surface area contributed by atoms with E-state index in [1.54, 1.807) is 13.8 Å². The molecule has 4 N–H and O–H groups in total. The van der Waals surface area contributed by atoms with Crippen molar-refractivity contribution in [3.8, 4) is 0 Å². The zero-order chi connectivity index (χ0) is 24.5. The summed E-state index contributed by atoms with van der Waals surface area (Å²) in [6.07, 6.45) is -0.443. The first-order chi connectivity index (χ1) is 15.6. The molecule has 1 fully saturated rings. The van der Waals surface area contributed by atoms with Crippen molar-refractivity contribution in [1.29, 1.82) is 0 Å². The first kappa shape index (κ1) is 25.8. The molecule has 0 aromatic heterocycles. The summed E-state index contributed by atoms with van der Waals surface area (Å²) in [6.45, 7) is 7.35. The number of Topliss-reactive ketones (excluding diaryl/α,β-unsaturated/α-hetero) is 1. The van der Waals surface area contributed by atoms with Crippen molar-refractivity contribution >= 4 is 29.6 Å².